The lowest BCUT2D eigenvalue weighted by Crippen LogP contribution is -2.46. The van der Waals surface area contributed by atoms with Crippen LogP contribution in [-0.4, -0.2) is 55.5 Å². The van der Waals surface area contributed by atoms with Gasteiger partial charge < -0.3 is 26.4 Å². The van der Waals surface area contributed by atoms with Gasteiger partial charge in [0.2, 0.25) is 11.8 Å². The summed E-state index contributed by atoms with van der Waals surface area (Å²) in [5.41, 5.74) is 9.84. The molecule has 8 nitrogen and oxygen atoms in total. The Kier molecular flexibility index (Phi) is 11.4. The van der Waals surface area contributed by atoms with Crippen molar-refractivity contribution in [2.75, 3.05) is 19.7 Å². The van der Waals surface area contributed by atoms with Gasteiger partial charge >= 0.3 is 0 Å². The molecular formula is C33H38N4O4. The molecular weight excluding hydrogens is 516 g/mol. The van der Waals surface area contributed by atoms with Gasteiger partial charge in [-0.3, -0.25) is 14.4 Å². The van der Waals surface area contributed by atoms with E-state index in [0.717, 1.165) is 29.7 Å². The first-order chi connectivity index (χ1) is 20.0. The molecule has 2 amide bonds. The van der Waals surface area contributed by atoms with Crippen molar-refractivity contribution in [3.8, 4) is 0 Å². The average molecular weight is 555 g/mol. The molecule has 0 aliphatic carbocycles. The van der Waals surface area contributed by atoms with Crippen LogP contribution in [0.3, 0.4) is 0 Å². The van der Waals surface area contributed by atoms with Crippen molar-refractivity contribution in [1.82, 2.24) is 16.0 Å². The number of hydrogen-bond acceptors (Lipinski definition) is 6. The van der Waals surface area contributed by atoms with Crippen molar-refractivity contribution < 1.29 is 19.1 Å². The summed E-state index contributed by atoms with van der Waals surface area (Å²) < 4.78 is 5.56. The molecule has 0 spiro atoms. The molecule has 0 saturated carbocycles. The number of hydrogen-bond donors (Lipinski definition) is 4. The highest BCUT2D eigenvalue weighted by atomic mass is 16.5. The molecule has 1 aliphatic rings. The van der Waals surface area contributed by atoms with Gasteiger partial charge in [-0.2, -0.15) is 0 Å². The number of ether oxygens (including phenoxy) is 1. The summed E-state index contributed by atoms with van der Waals surface area (Å²) >= 11 is 0. The number of carbonyl (C=O) groups excluding carboxylic acids is 3. The van der Waals surface area contributed by atoms with Gasteiger partial charge in [0.05, 0.1) is 12.6 Å². The SMILES string of the molecule is N[C@@H](Cc1ccc(C(=O)C2CNCCO2)cc1)C(=O)NC(C=CC(=O)NCc1ccccc1)CCc1ccccc1. The fourth-order valence-corrected chi connectivity index (χ4v) is 4.59. The monoisotopic (exact) mass is 554 g/mol. The van der Waals surface area contributed by atoms with Crippen LogP contribution in [0.2, 0.25) is 0 Å². The highest BCUT2D eigenvalue weighted by Crippen LogP contribution is 2.12. The van der Waals surface area contributed by atoms with Gasteiger partial charge in [0.25, 0.3) is 0 Å². The van der Waals surface area contributed by atoms with Crippen molar-refractivity contribution >= 4 is 17.6 Å². The Bertz CT molecular complexity index is 1290. The Labute approximate surface area is 241 Å². The van der Waals surface area contributed by atoms with Gasteiger partial charge in [-0.1, -0.05) is 91.0 Å². The zero-order valence-corrected chi connectivity index (χ0v) is 23.1. The number of amides is 2. The van der Waals surface area contributed by atoms with Gasteiger partial charge in [0.15, 0.2) is 5.78 Å². The first kappa shape index (κ1) is 29.9. The van der Waals surface area contributed by atoms with Crippen molar-refractivity contribution in [3.63, 3.8) is 0 Å². The number of carbonyl (C=O) groups is 3. The van der Waals surface area contributed by atoms with Crippen molar-refractivity contribution in [2.45, 2.75) is 44.0 Å². The van der Waals surface area contributed by atoms with E-state index in [4.69, 9.17) is 10.5 Å². The van der Waals surface area contributed by atoms with Gasteiger partial charge in [-0.25, -0.2) is 0 Å². The maximum atomic E-state index is 13.1. The molecule has 4 rings (SSSR count). The van der Waals surface area contributed by atoms with E-state index >= 15 is 0 Å². The number of Topliss-reactive ketones (excluding diaryl/α,β-unsaturated/α-hetero) is 1. The Balaban J connectivity index is 1.33. The van der Waals surface area contributed by atoms with Crippen LogP contribution in [0.1, 0.15) is 33.5 Å². The van der Waals surface area contributed by atoms with E-state index in [9.17, 15) is 14.4 Å². The molecule has 3 atom stereocenters. The highest BCUT2D eigenvalue weighted by Gasteiger charge is 2.23. The summed E-state index contributed by atoms with van der Waals surface area (Å²) in [5, 5.41) is 9.04. The molecule has 41 heavy (non-hydrogen) atoms. The summed E-state index contributed by atoms with van der Waals surface area (Å²) in [6, 6.07) is 25.6. The lowest BCUT2D eigenvalue weighted by molar-refractivity contribution is -0.123. The third-order valence-electron chi connectivity index (χ3n) is 6.95. The summed E-state index contributed by atoms with van der Waals surface area (Å²) in [7, 11) is 0. The number of nitrogens with two attached hydrogens (primary N) is 1. The van der Waals surface area contributed by atoms with E-state index in [-0.39, 0.29) is 23.6 Å². The highest BCUT2D eigenvalue weighted by molar-refractivity contribution is 5.99. The van der Waals surface area contributed by atoms with Crippen molar-refractivity contribution in [3.05, 3.63) is 119 Å². The maximum Gasteiger partial charge on any atom is 0.244 e. The molecule has 2 unspecified atom stereocenters. The Morgan fingerprint density at radius 1 is 0.927 bits per heavy atom. The number of rotatable bonds is 13. The van der Waals surface area contributed by atoms with E-state index in [1.165, 1.54) is 6.08 Å². The van der Waals surface area contributed by atoms with Crippen LogP contribution in [0.15, 0.2) is 97.1 Å². The smallest absolute Gasteiger partial charge is 0.244 e. The van der Waals surface area contributed by atoms with Crippen LogP contribution in [0.5, 0.6) is 0 Å². The van der Waals surface area contributed by atoms with Crippen LogP contribution < -0.4 is 21.7 Å². The van der Waals surface area contributed by atoms with Crippen molar-refractivity contribution in [1.29, 1.82) is 0 Å². The second-order valence-electron chi connectivity index (χ2n) is 10.1. The topological polar surface area (TPSA) is 123 Å². The summed E-state index contributed by atoms with van der Waals surface area (Å²) in [4.78, 5) is 38.2. The quantitative estimate of drug-likeness (QED) is 0.190. The number of benzene rings is 3. The van der Waals surface area contributed by atoms with Crippen LogP contribution in [-0.2, 0) is 33.7 Å². The normalized spacial score (nSPS) is 16.6. The molecule has 1 aliphatic heterocycles. The van der Waals surface area contributed by atoms with Crippen LogP contribution in [0.4, 0.5) is 0 Å². The van der Waals surface area contributed by atoms with E-state index < -0.39 is 12.1 Å². The fraction of sp³-hybridized carbons (Fsp3) is 0.303. The second-order valence-corrected chi connectivity index (χ2v) is 10.1. The lowest BCUT2D eigenvalue weighted by Gasteiger charge is -2.22. The summed E-state index contributed by atoms with van der Waals surface area (Å²) in [6.07, 6.45) is 4.35. The molecule has 1 fully saturated rings. The number of aryl methyl sites for hydroxylation is 1. The molecule has 214 valence electrons. The molecule has 0 radical (unpaired) electrons. The Morgan fingerprint density at radius 3 is 2.27 bits per heavy atom. The molecule has 1 heterocycles. The van der Waals surface area contributed by atoms with Gasteiger partial charge in [-0.05, 0) is 36.0 Å². The third kappa shape index (κ3) is 9.79. The van der Waals surface area contributed by atoms with Gasteiger partial charge in [-0.15, -0.1) is 0 Å². The van der Waals surface area contributed by atoms with E-state index in [2.05, 4.69) is 16.0 Å². The lowest BCUT2D eigenvalue weighted by atomic mass is 10.00. The second kappa shape index (κ2) is 15.6. The van der Waals surface area contributed by atoms with Crippen molar-refractivity contribution in [2.24, 2.45) is 5.73 Å². The number of nitrogens with one attached hydrogen (secondary N) is 3. The largest absolute Gasteiger partial charge is 0.367 e. The molecule has 5 N–H and O–H groups in total. The molecule has 0 bridgehead atoms. The van der Waals surface area contributed by atoms with Crippen LogP contribution in [0, 0.1) is 0 Å². The minimum absolute atomic E-state index is 0.0633. The van der Waals surface area contributed by atoms with E-state index in [1.54, 1.807) is 18.2 Å². The Hall–Kier alpha value is -4.11. The first-order valence-corrected chi connectivity index (χ1v) is 14.0. The number of ketones is 1. The predicted molar refractivity (Wildman–Crippen MR) is 159 cm³/mol. The van der Waals surface area contributed by atoms with E-state index in [0.29, 0.717) is 38.1 Å². The van der Waals surface area contributed by atoms with Crippen LogP contribution in [0.25, 0.3) is 0 Å². The van der Waals surface area contributed by atoms with E-state index in [1.807, 2.05) is 72.8 Å². The summed E-state index contributed by atoms with van der Waals surface area (Å²) in [5.74, 6) is -0.605. The number of morpholine rings is 1. The molecule has 3 aromatic carbocycles. The molecule has 8 heteroatoms. The van der Waals surface area contributed by atoms with Crippen LogP contribution >= 0.6 is 0 Å². The first-order valence-electron chi connectivity index (χ1n) is 14.0. The molecule has 3 aromatic rings. The third-order valence-corrected chi connectivity index (χ3v) is 6.95. The average Bonchev–Trinajstić information content (AvgIpc) is 3.02. The maximum absolute atomic E-state index is 13.1. The summed E-state index contributed by atoms with van der Waals surface area (Å²) in [6.45, 7) is 2.18. The van der Waals surface area contributed by atoms with Gasteiger partial charge in [0.1, 0.15) is 6.10 Å². The minimum Gasteiger partial charge on any atom is -0.367 e. The zero-order valence-electron chi connectivity index (χ0n) is 23.1. The van der Waals surface area contributed by atoms with Gasteiger partial charge in [0, 0.05) is 37.3 Å². The molecule has 0 aromatic heterocycles. The standard InChI is InChI=1S/C33H38N4O4/c34-29(21-25-11-14-27(15-12-25)32(39)30-23-35-19-20-41-30)33(40)37-28(16-13-24-7-3-1-4-8-24)17-18-31(38)36-22-26-9-5-2-6-10-26/h1-12,14-15,17-18,28-30,35H,13,16,19-23,34H2,(H,36,38)(H,37,40)/t28?,29-,30?/m0/s1. The predicted octanol–water partition coefficient (Wildman–Crippen LogP) is 2.72. The zero-order chi connectivity index (χ0) is 28.9. The fourth-order valence-electron chi connectivity index (χ4n) is 4.59. The Morgan fingerprint density at radius 2 is 1.61 bits per heavy atom. The molecule has 1 saturated heterocycles. The minimum atomic E-state index is -0.790.